The highest BCUT2D eigenvalue weighted by Gasteiger charge is 2.16. The molecule has 9 heteroatoms. The third kappa shape index (κ3) is 4.87. The van der Waals surface area contributed by atoms with Crippen LogP contribution in [0.15, 0.2) is 6.33 Å². The lowest BCUT2D eigenvalue weighted by molar-refractivity contribution is -0.142. The van der Waals surface area contributed by atoms with E-state index in [4.69, 9.17) is 21.7 Å². The first kappa shape index (κ1) is 17.1. The van der Waals surface area contributed by atoms with Gasteiger partial charge in [0.2, 0.25) is 0 Å². The Morgan fingerprint density at radius 1 is 1.50 bits per heavy atom. The smallest absolute Gasteiger partial charge is 0.319 e. The predicted molar refractivity (Wildman–Crippen MR) is 82.9 cm³/mol. The van der Waals surface area contributed by atoms with Crippen molar-refractivity contribution in [3.63, 3.8) is 0 Å². The number of nitrogens with zero attached hydrogens (tertiary/aromatic N) is 5. The summed E-state index contributed by atoms with van der Waals surface area (Å²) in [5.41, 5.74) is 0. The topological polar surface area (TPSA) is 64.8 Å². The zero-order valence-corrected chi connectivity index (χ0v) is 13.9. The van der Waals surface area contributed by atoms with Crippen LogP contribution in [0.1, 0.15) is 0 Å². The molecular weight excluding hydrogens is 306 g/mol. The largest absolute Gasteiger partial charge is 0.468 e. The molecule has 2 rings (SSSR count). The van der Waals surface area contributed by atoms with E-state index in [1.807, 2.05) is 11.9 Å². The Morgan fingerprint density at radius 3 is 2.82 bits per heavy atom. The molecule has 0 spiro atoms. The van der Waals surface area contributed by atoms with E-state index in [2.05, 4.69) is 10.00 Å². The molecule has 0 bridgehead atoms. The standard InChI is InChI=1S/C13H23N5O3S/c1-15-10-14-18(13(15)22)11-17(9-12(19)20-2)4-3-16-5-7-21-8-6-16/h10H,3-9,11H2,1-2H3. The quantitative estimate of drug-likeness (QED) is 0.503. The molecule has 0 N–H and O–H groups in total. The molecule has 0 aromatic carbocycles. The summed E-state index contributed by atoms with van der Waals surface area (Å²) in [5, 5.41) is 4.23. The van der Waals surface area contributed by atoms with Crippen molar-refractivity contribution in [1.29, 1.82) is 0 Å². The second-order valence-electron chi connectivity index (χ2n) is 5.25. The van der Waals surface area contributed by atoms with Crippen molar-refractivity contribution >= 4 is 18.2 Å². The molecule has 0 amide bonds. The molecule has 1 fully saturated rings. The molecule has 0 atom stereocenters. The molecule has 1 aromatic rings. The Bertz CT molecular complexity index is 538. The van der Waals surface area contributed by atoms with Crippen LogP contribution in [0.4, 0.5) is 0 Å². The predicted octanol–water partition coefficient (Wildman–Crippen LogP) is -0.284. The number of rotatable bonds is 7. The van der Waals surface area contributed by atoms with Crippen LogP contribution in [0.3, 0.4) is 0 Å². The van der Waals surface area contributed by atoms with Gasteiger partial charge >= 0.3 is 5.97 Å². The first-order chi connectivity index (χ1) is 10.6. The minimum Gasteiger partial charge on any atom is -0.468 e. The first-order valence-electron chi connectivity index (χ1n) is 7.28. The lowest BCUT2D eigenvalue weighted by Crippen LogP contribution is -2.43. The van der Waals surface area contributed by atoms with Gasteiger partial charge in [-0.2, -0.15) is 5.10 Å². The van der Waals surface area contributed by atoms with Gasteiger partial charge in [0.05, 0.1) is 33.5 Å². The molecule has 1 aliphatic rings. The summed E-state index contributed by atoms with van der Waals surface area (Å²) >= 11 is 5.29. The van der Waals surface area contributed by atoms with Gasteiger partial charge in [-0.25, -0.2) is 4.68 Å². The lowest BCUT2D eigenvalue weighted by Gasteiger charge is -2.29. The van der Waals surface area contributed by atoms with Crippen molar-refractivity contribution in [2.45, 2.75) is 6.67 Å². The van der Waals surface area contributed by atoms with Crippen LogP contribution in [-0.2, 0) is 28.0 Å². The van der Waals surface area contributed by atoms with Crippen LogP contribution in [-0.4, -0.2) is 83.2 Å². The van der Waals surface area contributed by atoms with Gasteiger partial charge in [-0.05, 0) is 12.2 Å². The zero-order chi connectivity index (χ0) is 15.9. The summed E-state index contributed by atoms with van der Waals surface area (Å²) < 4.78 is 14.2. The average molecular weight is 329 g/mol. The molecule has 124 valence electrons. The first-order valence-corrected chi connectivity index (χ1v) is 7.68. The number of aromatic nitrogens is 3. The Hall–Kier alpha value is -1.29. The Morgan fingerprint density at radius 2 is 2.23 bits per heavy atom. The Balaban J connectivity index is 1.94. The number of carbonyl (C=O) groups excluding carboxylic acids is 1. The van der Waals surface area contributed by atoms with Crippen LogP contribution in [0.2, 0.25) is 0 Å². The number of hydrogen-bond acceptors (Lipinski definition) is 7. The van der Waals surface area contributed by atoms with E-state index in [1.54, 1.807) is 15.6 Å². The van der Waals surface area contributed by atoms with Crippen molar-refractivity contribution in [2.24, 2.45) is 7.05 Å². The third-order valence-corrected chi connectivity index (χ3v) is 4.14. The van der Waals surface area contributed by atoms with E-state index in [1.165, 1.54) is 7.11 Å². The van der Waals surface area contributed by atoms with Gasteiger partial charge in [-0.15, -0.1) is 0 Å². The molecule has 2 heterocycles. The van der Waals surface area contributed by atoms with E-state index < -0.39 is 0 Å². The van der Waals surface area contributed by atoms with Crippen molar-refractivity contribution in [3.05, 3.63) is 11.1 Å². The maximum absolute atomic E-state index is 11.6. The second-order valence-corrected chi connectivity index (χ2v) is 5.61. The van der Waals surface area contributed by atoms with Crippen molar-refractivity contribution in [2.75, 3.05) is 53.0 Å². The van der Waals surface area contributed by atoms with E-state index in [9.17, 15) is 4.79 Å². The van der Waals surface area contributed by atoms with Crippen LogP contribution < -0.4 is 0 Å². The summed E-state index contributed by atoms with van der Waals surface area (Å²) in [6, 6.07) is 0. The van der Waals surface area contributed by atoms with E-state index in [-0.39, 0.29) is 12.5 Å². The minimum atomic E-state index is -0.260. The van der Waals surface area contributed by atoms with Crippen molar-refractivity contribution < 1.29 is 14.3 Å². The van der Waals surface area contributed by atoms with E-state index in [0.29, 0.717) is 11.4 Å². The van der Waals surface area contributed by atoms with Gasteiger partial charge < -0.3 is 14.0 Å². The van der Waals surface area contributed by atoms with Crippen LogP contribution in [0, 0.1) is 4.77 Å². The highest BCUT2D eigenvalue weighted by atomic mass is 32.1. The average Bonchev–Trinajstić information content (AvgIpc) is 2.85. The molecule has 1 saturated heterocycles. The summed E-state index contributed by atoms with van der Waals surface area (Å²) in [7, 11) is 3.25. The van der Waals surface area contributed by atoms with Gasteiger partial charge in [0.15, 0.2) is 4.77 Å². The molecule has 1 aromatic heterocycles. The maximum atomic E-state index is 11.6. The third-order valence-electron chi connectivity index (χ3n) is 3.64. The maximum Gasteiger partial charge on any atom is 0.319 e. The van der Waals surface area contributed by atoms with E-state index >= 15 is 0 Å². The second kappa shape index (κ2) is 8.37. The molecule has 0 radical (unpaired) electrons. The molecule has 0 aliphatic carbocycles. The Labute approximate surface area is 135 Å². The summed E-state index contributed by atoms with van der Waals surface area (Å²) in [6.07, 6.45) is 1.67. The molecule has 8 nitrogen and oxygen atoms in total. The number of morpholine rings is 1. The SMILES string of the molecule is COC(=O)CN(CCN1CCOCC1)Cn1ncn(C)c1=S. The highest BCUT2D eigenvalue weighted by molar-refractivity contribution is 7.71. The zero-order valence-electron chi connectivity index (χ0n) is 13.1. The van der Waals surface area contributed by atoms with Crippen LogP contribution in [0.5, 0.6) is 0 Å². The summed E-state index contributed by atoms with van der Waals surface area (Å²) in [5.74, 6) is -0.260. The molecular formula is C13H23N5O3S. The van der Waals surface area contributed by atoms with Crippen molar-refractivity contribution in [1.82, 2.24) is 24.1 Å². The summed E-state index contributed by atoms with van der Waals surface area (Å²) in [6.45, 7) is 5.70. The summed E-state index contributed by atoms with van der Waals surface area (Å²) in [4.78, 5) is 15.9. The Kier molecular flexibility index (Phi) is 6.49. The fourth-order valence-corrected chi connectivity index (χ4v) is 2.41. The molecule has 1 aliphatic heterocycles. The fourth-order valence-electron chi connectivity index (χ4n) is 2.26. The number of methoxy groups -OCH3 is 1. The fraction of sp³-hybridized carbons (Fsp3) is 0.769. The highest BCUT2D eigenvalue weighted by Crippen LogP contribution is 2.01. The van der Waals surface area contributed by atoms with Crippen molar-refractivity contribution in [3.8, 4) is 0 Å². The van der Waals surface area contributed by atoms with Gasteiger partial charge in [-0.1, -0.05) is 0 Å². The molecule has 0 saturated carbocycles. The molecule has 0 unspecified atom stereocenters. The van der Waals surface area contributed by atoms with Crippen LogP contribution >= 0.6 is 12.2 Å². The van der Waals surface area contributed by atoms with Gasteiger partial charge in [0, 0.05) is 33.2 Å². The normalized spacial score (nSPS) is 16.1. The van der Waals surface area contributed by atoms with Gasteiger partial charge in [0.1, 0.15) is 6.33 Å². The van der Waals surface area contributed by atoms with Crippen LogP contribution in [0.25, 0.3) is 0 Å². The van der Waals surface area contributed by atoms with Gasteiger partial charge in [0.25, 0.3) is 0 Å². The lowest BCUT2D eigenvalue weighted by atomic mass is 10.4. The number of carbonyl (C=O) groups is 1. The number of ether oxygens (including phenoxy) is 2. The van der Waals surface area contributed by atoms with Gasteiger partial charge in [-0.3, -0.25) is 14.6 Å². The number of aryl methyl sites for hydroxylation is 1. The number of hydrogen-bond donors (Lipinski definition) is 0. The molecule has 22 heavy (non-hydrogen) atoms. The minimum absolute atomic E-state index is 0.221. The monoisotopic (exact) mass is 329 g/mol. The number of esters is 1. The van der Waals surface area contributed by atoms with E-state index in [0.717, 1.165) is 39.4 Å².